The third kappa shape index (κ3) is 5.68. The van der Waals surface area contributed by atoms with Gasteiger partial charge in [0.2, 0.25) is 0 Å². The molecule has 0 radical (unpaired) electrons. The van der Waals surface area contributed by atoms with Gasteiger partial charge >= 0.3 is 0 Å². The minimum Gasteiger partial charge on any atom is -0.255 e. The Morgan fingerprint density at radius 1 is 0.364 bits per heavy atom. The molecule has 0 aliphatic rings. The Kier molecular flexibility index (Phi) is 7.35. The Bertz CT molecular complexity index is 1970. The summed E-state index contributed by atoms with van der Waals surface area (Å²) >= 11 is 0. The minimum atomic E-state index is 0.655. The zero-order valence-corrected chi connectivity index (χ0v) is 24.8. The van der Waals surface area contributed by atoms with Crippen LogP contribution in [0.1, 0.15) is 11.1 Å². The summed E-state index contributed by atoms with van der Waals surface area (Å²) in [6.45, 7) is 4.31. The van der Waals surface area contributed by atoms with Crippen LogP contribution in [0.3, 0.4) is 0 Å². The molecule has 0 aliphatic heterocycles. The molecule has 2 heterocycles. The van der Waals surface area contributed by atoms with E-state index in [2.05, 4.69) is 123 Å². The molecule has 7 aromatic rings. The summed E-state index contributed by atoms with van der Waals surface area (Å²) in [5.74, 6) is 0.655. The first kappa shape index (κ1) is 27.2. The molecule has 0 spiro atoms. The maximum absolute atomic E-state index is 4.94. The van der Waals surface area contributed by atoms with E-state index in [0.717, 1.165) is 39.3 Å². The second-order valence-electron chi connectivity index (χ2n) is 11.1. The molecule has 0 unspecified atom stereocenters. The van der Waals surface area contributed by atoms with Crippen molar-refractivity contribution in [1.82, 2.24) is 15.0 Å². The van der Waals surface area contributed by atoms with Crippen LogP contribution in [-0.2, 0) is 0 Å². The van der Waals surface area contributed by atoms with E-state index >= 15 is 0 Å². The summed E-state index contributed by atoms with van der Waals surface area (Å²) in [6.07, 6.45) is 1.87. The van der Waals surface area contributed by atoms with E-state index in [1.54, 1.807) is 0 Å². The average Bonchev–Trinajstić information content (AvgIpc) is 3.08. The number of hydrogen-bond acceptors (Lipinski definition) is 3. The van der Waals surface area contributed by atoms with Crippen molar-refractivity contribution in [3.05, 3.63) is 163 Å². The van der Waals surface area contributed by atoms with Gasteiger partial charge in [0.15, 0.2) is 5.82 Å². The van der Waals surface area contributed by atoms with Gasteiger partial charge in [-0.2, -0.15) is 0 Å². The molecule has 0 N–H and O–H groups in total. The van der Waals surface area contributed by atoms with Gasteiger partial charge in [-0.05, 0) is 54.3 Å². The second-order valence-corrected chi connectivity index (χ2v) is 11.1. The van der Waals surface area contributed by atoms with E-state index < -0.39 is 0 Å². The van der Waals surface area contributed by atoms with Gasteiger partial charge in [-0.25, -0.2) is 9.97 Å². The lowest BCUT2D eigenvalue weighted by Crippen LogP contribution is -1.96. The number of nitrogens with zero attached hydrogens (tertiary/aromatic N) is 3. The van der Waals surface area contributed by atoms with E-state index in [9.17, 15) is 0 Å². The van der Waals surface area contributed by atoms with E-state index in [1.807, 2.05) is 42.6 Å². The fourth-order valence-corrected chi connectivity index (χ4v) is 5.72. The van der Waals surface area contributed by atoms with Gasteiger partial charge in [0.1, 0.15) is 0 Å². The minimum absolute atomic E-state index is 0.655. The quantitative estimate of drug-likeness (QED) is 0.201. The molecule has 3 nitrogen and oxygen atoms in total. The van der Waals surface area contributed by atoms with Crippen LogP contribution in [0.2, 0.25) is 0 Å². The Balaban J connectivity index is 1.20. The predicted molar refractivity (Wildman–Crippen MR) is 182 cm³/mol. The smallest absolute Gasteiger partial charge is 0.161 e. The average molecular weight is 566 g/mol. The molecule has 0 fully saturated rings. The number of aryl methyl sites for hydroxylation is 2. The molecule has 3 heteroatoms. The van der Waals surface area contributed by atoms with Gasteiger partial charge in [0.05, 0.1) is 17.1 Å². The highest BCUT2D eigenvalue weighted by atomic mass is 14.9. The van der Waals surface area contributed by atoms with Gasteiger partial charge < -0.3 is 0 Å². The molecule has 0 saturated heterocycles. The van der Waals surface area contributed by atoms with Crippen LogP contribution in [0, 0.1) is 13.8 Å². The normalized spacial score (nSPS) is 11.0. The van der Waals surface area contributed by atoms with Crippen LogP contribution in [0.25, 0.3) is 67.4 Å². The van der Waals surface area contributed by atoms with Crippen molar-refractivity contribution < 1.29 is 0 Å². The van der Waals surface area contributed by atoms with Crippen molar-refractivity contribution in [3.63, 3.8) is 0 Å². The van der Waals surface area contributed by atoms with Crippen molar-refractivity contribution in [1.29, 1.82) is 0 Å². The molecule has 0 saturated carbocycles. The van der Waals surface area contributed by atoms with Crippen molar-refractivity contribution in [2.75, 3.05) is 0 Å². The third-order valence-electron chi connectivity index (χ3n) is 7.84. The Morgan fingerprint density at radius 3 is 1.39 bits per heavy atom. The number of benzene rings is 5. The van der Waals surface area contributed by atoms with E-state index in [0.29, 0.717) is 5.82 Å². The maximum Gasteiger partial charge on any atom is 0.161 e. The highest BCUT2D eigenvalue weighted by molar-refractivity contribution is 5.84. The van der Waals surface area contributed by atoms with Crippen LogP contribution in [0.15, 0.2) is 152 Å². The Labute approximate surface area is 258 Å². The Hall–Kier alpha value is -5.67. The summed E-state index contributed by atoms with van der Waals surface area (Å²) in [7, 11) is 0. The van der Waals surface area contributed by atoms with E-state index in [-0.39, 0.29) is 0 Å². The first-order valence-electron chi connectivity index (χ1n) is 14.9. The van der Waals surface area contributed by atoms with E-state index in [4.69, 9.17) is 15.0 Å². The number of aromatic nitrogens is 3. The molecule has 210 valence electrons. The van der Waals surface area contributed by atoms with Crippen LogP contribution < -0.4 is 0 Å². The number of pyridine rings is 1. The van der Waals surface area contributed by atoms with Gasteiger partial charge in [0, 0.05) is 28.5 Å². The Morgan fingerprint density at radius 2 is 0.841 bits per heavy atom. The molecular weight excluding hydrogens is 534 g/mol. The van der Waals surface area contributed by atoms with Crippen molar-refractivity contribution in [2.24, 2.45) is 0 Å². The molecule has 0 aliphatic carbocycles. The summed E-state index contributed by atoms with van der Waals surface area (Å²) in [6, 6.07) is 50.6. The molecular formula is C41H31N3. The van der Waals surface area contributed by atoms with E-state index in [1.165, 1.54) is 33.4 Å². The zero-order valence-electron chi connectivity index (χ0n) is 24.8. The largest absolute Gasteiger partial charge is 0.255 e. The molecule has 7 rings (SSSR count). The predicted octanol–water partition coefficient (Wildman–Crippen LogP) is 10.5. The maximum atomic E-state index is 4.94. The fraction of sp³-hybridized carbons (Fsp3) is 0.0488. The summed E-state index contributed by atoms with van der Waals surface area (Å²) in [4.78, 5) is 14.7. The topological polar surface area (TPSA) is 38.7 Å². The van der Waals surface area contributed by atoms with Gasteiger partial charge in [-0.3, -0.25) is 4.98 Å². The van der Waals surface area contributed by atoms with Crippen molar-refractivity contribution in [2.45, 2.75) is 13.8 Å². The fourth-order valence-electron chi connectivity index (χ4n) is 5.72. The van der Waals surface area contributed by atoms with Gasteiger partial charge in [-0.1, -0.05) is 139 Å². The molecule has 0 atom stereocenters. The monoisotopic (exact) mass is 565 g/mol. The summed E-state index contributed by atoms with van der Waals surface area (Å²) in [5, 5.41) is 0. The van der Waals surface area contributed by atoms with Crippen LogP contribution in [0.4, 0.5) is 0 Å². The SMILES string of the molecule is Cc1cc(C)cc(-c2ccccc2-c2ccc(-c3ccc(-c4nc(-c5ccccc5)cc(-c5ccccc5)n4)cn3)cc2)c1. The van der Waals surface area contributed by atoms with Gasteiger partial charge in [0.25, 0.3) is 0 Å². The lowest BCUT2D eigenvalue weighted by Gasteiger charge is -2.12. The number of rotatable bonds is 6. The first-order valence-corrected chi connectivity index (χ1v) is 14.9. The third-order valence-corrected chi connectivity index (χ3v) is 7.84. The molecule has 5 aromatic carbocycles. The van der Waals surface area contributed by atoms with Gasteiger partial charge in [-0.15, -0.1) is 0 Å². The second kappa shape index (κ2) is 11.9. The molecule has 44 heavy (non-hydrogen) atoms. The molecule has 0 bridgehead atoms. The first-order chi connectivity index (χ1) is 21.6. The zero-order chi connectivity index (χ0) is 29.9. The lowest BCUT2D eigenvalue weighted by molar-refractivity contribution is 1.17. The molecule has 0 amide bonds. The number of hydrogen-bond donors (Lipinski definition) is 0. The summed E-state index contributed by atoms with van der Waals surface area (Å²) < 4.78 is 0. The highest BCUT2D eigenvalue weighted by Gasteiger charge is 2.12. The van der Waals surface area contributed by atoms with Crippen LogP contribution >= 0.6 is 0 Å². The standard InChI is InChI=1S/C41H31N3/c1-28-23-29(2)25-35(24-28)37-16-10-9-15-36(37)30-17-19-33(20-18-30)38-22-21-34(27-42-38)41-43-39(31-11-5-3-6-12-31)26-40(44-41)32-13-7-4-8-14-32/h3-27H,1-2H3. The van der Waals surface area contributed by atoms with Crippen LogP contribution in [-0.4, -0.2) is 15.0 Å². The van der Waals surface area contributed by atoms with Crippen molar-refractivity contribution in [3.8, 4) is 67.4 Å². The molecule has 2 aromatic heterocycles. The van der Waals surface area contributed by atoms with Crippen molar-refractivity contribution >= 4 is 0 Å². The summed E-state index contributed by atoms with van der Waals surface area (Å²) in [5.41, 5.74) is 14.1. The van der Waals surface area contributed by atoms with Crippen LogP contribution in [0.5, 0.6) is 0 Å². The highest BCUT2D eigenvalue weighted by Crippen LogP contribution is 2.34. The lowest BCUT2D eigenvalue weighted by atomic mass is 9.92.